The lowest BCUT2D eigenvalue weighted by Crippen LogP contribution is -2.23. The molecule has 100 valence electrons. The van der Waals surface area contributed by atoms with Crippen molar-refractivity contribution in [2.75, 3.05) is 12.4 Å². The Morgan fingerprint density at radius 2 is 1.89 bits per heavy atom. The molecule has 4 nitrogen and oxygen atoms in total. The molecule has 0 aromatic heterocycles. The summed E-state index contributed by atoms with van der Waals surface area (Å²) < 4.78 is 25.7. The lowest BCUT2D eigenvalue weighted by atomic mass is 9.95. The van der Waals surface area contributed by atoms with Gasteiger partial charge in [0.1, 0.15) is 0 Å². The quantitative estimate of drug-likeness (QED) is 0.881. The molecular formula is C13H20N2O2S. The number of anilines is 1. The second-order valence-corrected chi connectivity index (χ2v) is 6.60. The van der Waals surface area contributed by atoms with Crippen molar-refractivity contribution in [3.05, 3.63) is 24.3 Å². The van der Waals surface area contributed by atoms with Gasteiger partial charge in [0, 0.05) is 11.7 Å². The van der Waals surface area contributed by atoms with Crippen LogP contribution < -0.4 is 10.0 Å². The SMILES string of the molecule is CNS(=O)(=O)c1cccc(NC2CCCCC2)c1. The third kappa shape index (κ3) is 3.23. The van der Waals surface area contributed by atoms with Crippen LogP contribution in [0.1, 0.15) is 32.1 Å². The van der Waals surface area contributed by atoms with Crippen LogP contribution in [0.15, 0.2) is 29.2 Å². The Morgan fingerprint density at radius 1 is 1.17 bits per heavy atom. The largest absolute Gasteiger partial charge is 0.382 e. The summed E-state index contributed by atoms with van der Waals surface area (Å²) in [5.41, 5.74) is 0.887. The summed E-state index contributed by atoms with van der Waals surface area (Å²) in [6, 6.07) is 7.48. The highest BCUT2D eigenvalue weighted by Gasteiger charge is 2.15. The molecule has 0 bridgehead atoms. The van der Waals surface area contributed by atoms with Crippen LogP contribution in [0.4, 0.5) is 5.69 Å². The molecule has 2 N–H and O–H groups in total. The van der Waals surface area contributed by atoms with Gasteiger partial charge in [0.15, 0.2) is 0 Å². The van der Waals surface area contributed by atoms with E-state index in [2.05, 4.69) is 10.0 Å². The maximum absolute atomic E-state index is 11.7. The van der Waals surface area contributed by atoms with Gasteiger partial charge in [-0.05, 0) is 38.1 Å². The molecule has 0 aliphatic heterocycles. The van der Waals surface area contributed by atoms with E-state index in [1.807, 2.05) is 6.07 Å². The minimum Gasteiger partial charge on any atom is -0.382 e. The van der Waals surface area contributed by atoms with E-state index in [4.69, 9.17) is 0 Å². The lowest BCUT2D eigenvalue weighted by Gasteiger charge is -2.24. The van der Waals surface area contributed by atoms with Gasteiger partial charge in [-0.15, -0.1) is 0 Å². The fourth-order valence-electron chi connectivity index (χ4n) is 2.35. The van der Waals surface area contributed by atoms with Gasteiger partial charge < -0.3 is 5.32 Å². The monoisotopic (exact) mass is 268 g/mol. The number of sulfonamides is 1. The zero-order chi connectivity index (χ0) is 13.0. The number of benzene rings is 1. The molecule has 5 heteroatoms. The van der Waals surface area contributed by atoms with Crippen molar-refractivity contribution in [1.29, 1.82) is 0 Å². The highest BCUT2D eigenvalue weighted by molar-refractivity contribution is 7.89. The summed E-state index contributed by atoms with van der Waals surface area (Å²) in [6.07, 6.45) is 6.16. The number of hydrogen-bond acceptors (Lipinski definition) is 3. The van der Waals surface area contributed by atoms with Crippen LogP contribution in [0, 0.1) is 0 Å². The predicted octanol–water partition coefficient (Wildman–Crippen LogP) is 2.34. The van der Waals surface area contributed by atoms with E-state index in [-0.39, 0.29) is 0 Å². The van der Waals surface area contributed by atoms with E-state index < -0.39 is 10.0 Å². The maximum Gasteiger partial charge on any atom is 0.240 e. The number of nitrogens with one attached hydrogen (secondary N) is 2. The molecule has 1 saturated carbocycles. The van der Waals surface area contributed by atoms with Gasteiger partial charge in [-0.1, -0.05) is 25.3 Å². The third-order valence-electron chi connectivity index (χ3n) is 3.39. The highest BCUT2D eigenvalue weighted by Crippen LogP contribution is 2.23. The first-order chi connectivity index (χ1) is 8.62. The van der Waals surface area contributed by atoms with Gasteiger partial charge in [-0.3, -0.25) is 0 Å². The van der Waals surface area contributed by atoms with Crippen molar-refractivity contribution in [2.45, 2.75) is 43.0 Å². The van der Waals surface area contributed by atoms with Gasteiger partial charge in [-0.2, -0.15) is 0 Å². The van der Waals surface area contributed by atoms with E-state index >= 15 is 0 Å². The van der Waals surface area contributed by atoms with E-state index in [1.54, 1.807) is 18.2 Å². The summed E-state index contributed by atoms with van der Waals surface area (Å²) in [5.74, 6) is 0. The average Bonchev–Trinajstić information content (AvgIpc) is 2.40. The smallest absolute Gasteiger partial charge is 0.240 e. The Morgan fingerprint density at radius 3 is 2.56 bits per heavy atom. The molecule has 1 aromatic carbocycles. The molecule has 0 atom stereocenters. The minimum atomic E-state index is -3.35. The van der Waals surface area contributed by atoms with Gasteiger partial charge in [0.25, 0.3) is 0 Å². The van der Waals surface area contributed by atoms with Gasteiger partial charge in [0.2, 0.25) is 10.0 Å². The van der Waals surface area contributed by atoms with Crippen LogP contribution in [0.3, 0.4) is 0 Å². The normalized spacial score (nSPS) is 17.6. The minimum absolute atomic E-state index is 0.311. The van der Waals surface area contributed by atoms with Crippen LogP contribution >= 0.6 is 0 Å². The molecule has 1 fully saturated rings. The van der Waals surface area contributed by atoms with E-state index in [0.717, 1.165) is 5.69 Å². The van der Waals surface area contributed by atoms with Crippen molar-refractivity contribution >= 4 is 15.7 Å². The molecule has 1 aliphatic rings. The summed E-state index contributed by atoms with van der Waals surface area (Å²) in [6.45, 7) is 0. The Labute approximate surface area is 109 Å². The van der Waals surface area contributed by atoms with Crippen molar-refractivity contribution in [2.24, 2.45) is 0 Å². The first-order valence-electron chi connectivity index (χ1n) is 6.42. The Balaban J connectivity index is 2.12. The highest BCUT2D eigenvalue weighted by atomic mass is 32.2. The molecular weight excluding hydrogens is 248 g/mol. The van der Waals surface area contributed by atoms with E-state index in [9.17, 15) is 8.42 Å². The van der Waals surface area contributed by atoms with Gasteiger partial charge in [0.05, 0.1) is 4.90 Å². The van der Waals surface area contributed by atoms with Crippen molar-refractivity contribution in [1.82, 2.24) is 4.72 Å². The summed E-state index contributed by atoms with van der Waals surface area (Å²) >= 11 is 0. The van der Waals surface area contributed by atoms with Crippen molar-refractivity contribution in [3.8, 4) is 0 Å². The molecule has 0 saturated heterocycles. The molecule has 1 aliphatic carbocycles. The summed E-state index contributed by atoms with van der Waals surface area (Å²) in [4.78, 5) is 0.311. The summed E-state index contributed by atoms with van der Waals surface area (Å²) in [7, 11) is -1.92. The van der Waals surface area contributed by atoms with Crippen LogP contribution in [-0.4, -0.2) is 21.5 Å². The third-order valence-corrected chi connectivity index (χ3v) is 4.80. The topological polar surface area (TPSA) is 58.2 Å². The summed E-state index contributed by atoms with van der Waals surface area (Å²) in [5, 5.41) is 3.43. The van der Waals surface area contributed by atoms with E-state index in [1.165, 1.54) is 39.2 Å². The number of hydrogen-bond donors (Lipinski definition) is 2. The molecule has 0 heterocycles. The van der Waals surface area contributed by atoms with Crippen molar-refractivity contribution in [3.63, 3.8) is 0 Å². The second-order valence-electron chi connectivity index (χ2n) is 4.71. The average molecular weight is 268 g/mol. The first kappa shape index (κ1) is 13.4. The number of rotatable bonds is 4. The van der Waals surface area contributed by atoms with Crippen LogP contribution in [-0.2, 0) is 10.0 Å². The van der Waals surface area contributed by atoms with Crippen LogP contribution in [0.25, 0.3) is 0 Å². The van der Waals surface area contributed by atoms with Crippen molar-refractivity contribution < 1.29 is 8.42 Å². The standard InChI is InChI=1S/C13H20N2O2S/c1-14-18(16,17)13-9-5-8-12(10-13)15-11-6-3-2-4-7-11/h5,8-11,14-15H,2-4,6-7H2,1H3. The fraction of sp³-hybridized carbons (Fsp3) is 0.538. The van der Waals surface area contributed by atoms with Crippen LogP contribution in [0.5, 0.6) is 0 Å². The lowest BCUT2D eigenvalue weighted by molar-refractivity contribution is 0.462. The molecule has 0 spiro atoms. The second kappa shape index (κ2) is 5.71. The van der Waals surface area contributed by atoms with Crippen LogP contribution in [0.2, 0.25) is 0 Å². The molecule has 0 amide bonds. The van der Waals surface area contributed by atoms with E-state index in [0.29, 0.717) is 10.9 Å². The molecule has 1 aromatic rings. The zero-order valence-corrected chi connectivity index (χ0v) is 11.5. The zero-order valence-electron chi connectivity index (χ0n) is 10.6. The Kier molecular flexibility index (Phi) is 4.24. The maximum atomic E-state index is 11.7. The molecule has 0 unspecified atom stereocenters. The Bertz CT molecular complexity index is 493. The first-order valence-corrected chi connectivity index (χ1v) is 7.90. The molecule has 18 heavy (non-hydrogen) atoms. The Hall–Kier alpha value is -1.07. The van der Waals surface area contributed by atoms with Gasteiger partial charge in [-0.25, -0.2) is 13.1 Å². The predicted molar refractivity (Wildman–Crippen MR) is 73.2 cm³/mol. The fourth-order valence-corrected chi connectivity index (χ4v) is 3.13. The molecule has 2 rings (SSSR count). The molecule has 0 radical (unpaired) electrons. The van der Waals surface area contributed by atoms with Gasteiger partial charge >= 0.3 is 0 Å².